The van der Waals surface area contributed by atoms with Gasteiger partial charge in [-0.2, -0.15) is 0 Å². The molecule has 2 atom stereocenters. The predicted octanol–water partition coefficient (Wildman–Crippen LogP) is 5.17. The van der Waals surface area contributed by atoms with Crippen molar-refractivity contribution in [1.29, 1.82) is 0 Å². The summed E-state index contributed by atoms with van der Waals surface area (Å²) in [4.78, 5) is 2.32. The van der Waals surface area contributed by atoms with Crippen LogP contribution < -0.4 is 10.1 Å². The fourth-order valence-corrected chi connectivity index (χ4v) is 4.57. The summed E-state index contributed by atoms with van der Waals surface area (Å²) in [7, 11) is 0. The fourth-order valence-electron chi connectivity index (χ4n) is 3.76. The van der Waals surface area contributed by atoms with Crippen molar-refractivity contribution in [2.75, 3.05) is 25.7 Å². The summed E-state index contributed by atoms with van der Waals surface area (Å²) in [5, 5.41) is 25.6. The van der Waals surface area contributed by atoms with E-state index in [4.69, 9.17) is 4.74 Å². The molecule has 0 aliphatic heterocycles. The van der Waals surface area contributed by atoms with E-state index in [1.165, 1.54) is 0 Å². The molecular formula is C27H33NO3S2. The molecule has 0 amide bonds. The van der Waals surface area contributed by atoms with E-state index in [0.29, 0.717) is 13.0 Å². The van der Waals surface area contributed by atoms with Crippen molar-refractivity contribution >= 4 is 23.5 Å². The Bertz CT molecular complexity index is 917. The molecule has 0 saturated carbocycles. The largest absolute Gasteiger partial charge is 0.491 e. The van der Waals surface area contributed by atoms with Gasteiger partial charge in [-0.1, -0.05) is 42.5 Å². The van der Waals surface area contributed by atoms with Crippen molar-refractivity contribution in [3.05, 3.63) is 90.0 Å². The summed E-state index contributed by atoms with van der Waals surface area (Å²) in [6.45, 7) is 2.61. The monoisotopic (exact) mass is 483 g/mol. The number of ether oxygens (including phenoxy) is 1. The Morgan fingerprint density at radius 3 is 1.85 bits per heavy atom. The van der Waals surface area contributed by atoms with Gasteiger partial charge in [-0.25, -0.2) is 0 Å². The van der Waals surface area contributed by atoms with Crippen molar-refractivity contribution in [3.8, 4) is 5.75 Å². The van der Waals surface area contributed by atoms with E-state index < -0.39 is 11.7 Å². The van der Waals surface area contributed by atoms with Gasteiger partial charge in [0.2, 0.25) is 0 Å². The molecule has 0 heterocycles. The third-order valence-corrected chi connectivity index (χ3v) is 7.11. The summed E-state index contributed by atoms with van der Waals surface area (Å²) in [5.74, 6) is 0.737. The number of hydrogen-bond acceptors (Lipinski definition) is 6. The van der Waals surface area contributed by atoms with E-state index in [9.17, 15) is 10.2 Å². The quantitative estimate of drug-likeness (QED) is 0.309. The molecule has 0 aliphatic carbocycles. The Balaban J connectivity index is 1.68. The molecular weight excluding hydrogens is 450 g/mol. The van der Waals surface area contributed by atoms with Crippen LogP contribution in [-0.2, 0) is 5.60 Å². The zero-order chi connectivity index (χ0) is 23.7. The zero-order valence-electron chi connectivity index (χ0n) is 19.4. The van der Waals surface area contributed by atoms with E-state index in [0.717, 1.165) is 26.7 Å². The van der Waals surface area contributed by atoms with Crippen LogP contribution in [0.5, 0.6) is 5.75 Å². The normalized spacial score (nSPS) is 13.5. The maximum absolute atomic E-state index is 11.9. The fraction of sp³-hybridized carbons (Fsp3) is 0.333. The molecule has 0 fully saturated rings. The molecule has 4 nitrogen and oxygen atoms in total. The number of para-hydroxylation sites is 1. The zero-order valence-corrected chi connectivity index (χ0v) is 21.0. The summed E-state index contributed by atoms with van der Waals surface area (Å²) < 4.78 is 5.64. The minimum Gasteiger partial charge on any atom is -0.491 e. The lowest BCUT2D eigenvalue weighted by atomic mass is 9.81. The van der Waals surface area contributed by atoms with E-state index in [1.807, 2.05) is 98.3 Å². The number of benzene rings is 3. The van der Waals surface area contributed by atoms with Crippen molar-refractivity contribution in [2.45, 2.75) is 40.9 Å². The van der Waals surface area contributed by atoms with Crippen LogP contribution in [0.15, 0.2) is 88.7 Å². The van der Waals surface area contributed by atoms with Gasteiger partial charge in [-0.05, 0) is 73.4 Å². The average molecular weight is 484 g/mol. The van der Waals surface area contributed by atoms with Crippen LogP contribution in [0, 0.1) is 0 Å². The Morgan fingerprint density at radius 2 is 1.36 bits per heavy atom. The van der Waals surface area contributed by atoms with Crippen LogP contribution in [-0.4, -0.2) is 48.0 Å². The van der Waals surface area contributed by atoms with Crippen molar-refractivity contribution in [1.82, 2.24) is 5.32 Å². The standard InChI is InChI=1S/C27H33NO3S2/c1-20(28-18-23(29)19-31-24-7-5-4-6-8-24)17-27(30,21-9-13-25(32-2)14-10-21)22-11-15-26(33-3)16-12-22/h4-16,20,23,28-30H,17-19H2,1-3H3/t20?,23-/m0/s1. The predicted molar refractivity (Wildman–Crippen MR) is 139 cm³/mol. The number of aliphatic hydroxyl groups is 2. The van der Waals surface area contributed by atoms with Gasteiger partial charge in [-0.15, -0.1) is 23.5 Å². The van der Waals surface area contributed by atoms with E-state index in [1.54, 1.807) is 23.5 Å². The van der Waals surface area contributed by atoms with E-state index in [2.05, 4.69) is 5.32 Å². The summed E-state index contributed by atoms with van der Waals surface area (Å²) in [5.41, 5.74) is 0.573. The third-order valence-electron chi connectivity index (χ3n) is 5.62. The van der Waals surface area contributed by atoms with Crippen LogP contribution in [0.3, 0.4) is 0 Å². The average Bonchev–Trinajstić information content (AvgIpc) is 2.87. The van der Waals surface area contributed by atoms with Gasteiger partial charge >= 0.3 is 0 Å². The molecule has 3 N–H and O–H groups in total. The van der Waals surface area contributed by atoms with Crippen LogP contribution in [0.25, 0.3) is 0 Å². The second-order valence-electron chi connectivity index (χ2n) is 8.11. The molecule has 3 aromatic rings. The van der Waals surface area contributed by atoms with Crippen LogP contribution in [0.2, 0.25) is 0 Å². The highest BCUT2D eigenvalue weighted by atomic mass is 32.2. The van der Waals surface area contributed by atoms with Crippen molar-refractivity contribution in [3.63, 3.8) is 0 Å². The van der Waals surface area contributed by atoms with Crippen LogP contribution in [0.4, 0.5) is 0 Å². The molecule has 0 radical (unpaired) electrons. The molecule has 0 aliphatic rings. The first-order valence-electron chi connectivity index (χ1n) is 11.1. The Morgan fingerprint density at radius 1 is 0.848 bits per heavy atom. The minimum atomic E-state index is -1.15. The first-order chi connectivity index (χ1) is 15.9. The minimum absolute atomic E-state index is 0.0400. The first-order valence-corrected chi connectivity index (χ1v) is 13.5. The lowest BCUT2D eigenvalue weighted by molar-refractivity contribution is 0.0557. The SMILES string of the molecule is CSc1ccc(C(O)(CC(C)NC[C@H](O)COc2ccccc2)c2ccc(SC)cc2)cc1. The van der Waals surface area contributed by atoms with Gasteiger partial charge in [0.15, 0.2) is 0 Å². The number of thioether (sulfide) groups is 2. The molecule has 0 saturated heterocycles. The maximum atomic E-state index is 11.9. The van der Waals surface area contributed by atoms with Gasteiger partial charge in [-0.3, -0.25) is 0 Å². The van der Waals surface area contributed by atoms with Crippen molar-refractivity contribution < 1.29 is 14.9 Å². The highest BCUT2D eigenvalue weighted by Crippen LogP contribution is 2.36. The lowest BCUT2D eigenvalue weighted by Crippen LogP contribution is -2.41. The van der Waals surface area contributed by atoms with Gasteiger partial charge in [0.1, 0.15) is 24.1 Å². The molecule has 0 spiro atoms. The molecule has 3 rings (SSSR count). The Hall–Kier alpha value is -1.96. The topological polar surface area (TPSA) is 61.7 Å². The summed E-state index contributed by atoms with van der Waals surface area (Å²) >= 11 is 3.36. The highest BCUT2D eigenvalue weighted by molar-refractivity contribution is 7.98. The third kappa shape index (κ3) is 7.26. The summed E-state index contributed by atoms with van der Waals surface area (Å²) in [6.07, 6.45) is 3.90. The van der Waals surface area contributed by atoms with Crippen molar-refractivity contribution in [2.24, 2.45) is 0 Å². The molecule has 3 aromatic carbocycles. The smallest absolute Gasteiger partial charge is 0.119 e. The van der Waals surface area contributed by atoms with Gasteiger partial charge < -0.3 is 20.3 Å². The van der Waals surface area contributed by atoms with E-state index in [-0.39, 0.29) is 12.6 Å². The first kappa shape index (κ1) is 25.7. The lowest BCUT2D eigenvalue weighted by Gasteiger charge is -2.33. The van der Waals surface area contributed by atoms with Crippen LogP contribution >= 0.6 is 23.5 Å². The Kier molecular flexibility index (Phi) is 9.71. The molecule has 6 heteroatoms. The second-order valence-corrected chi connectivity index (χ2v) is 9.87. The maximum Gasteiger partial charge on any atom is 0.119 e. The number of hydrogen-bond donors (Lipinski definition) is 3. The number of nitrogens with one attached hydrogen (secondary N) is 1. The van der Waals surface area contributed by atoms with Gasteiger partial charge in [0, 0.05) is 22.4 Å². The number of aliphatic hydroxyl groups excluding tert-OH is 1. The Labute approximate surface area is 205 Å². The molecule has 1 unspecified atom stereocenters. The summed E-state index contributed by atoms with van der Waals surface area (Å²) in [6, 6.07) is 25.6. The second kappa shape index (κ2) is 12.5. The molecule has 0 bridgehead atoms. The highest BCUT2D eigenvalue weighted by Gasteiger charge is 2.33. The van der Waals surface area contributed by atoms with Gasteiger partial charge in [0.25, 0.3) is 0 Å². The van der Waals surface area contributed by atoms with Crippen LogP contribution in [0.1, 0.15) is 24.5 Å². The van der Waals surface area contributed by atoms with E-state index >= 15 is 0 Å². The molecule has 0 aromatic heterocycles. The molecule has 33 heavy (non-hydrogen) atoms. The number of rotatable bonds is 12. The molecule has 176 valence electrons. The van der Waals surface area contributed by atoms with Gasteiger partial charge in [0.05, 0.1) is 0 Å².